The third kappa shape index (κ3) is 2.31. The largest absolute Gasteiger partial charge is 0.397 e. The molecule has 0 saturated carbocycles. The Kier molecular flexibility index (Phi) is 3.44. The van der Waals surface area contributed by atoms with Gasteiger partial charge in [-0.3, -0.25) is 4.79 Å². The van der Waals surface area contributed by atoms with Crippen molar-refractivity contribution in [3.8, 4) is 0 Å². The minimum Gasteiger partial charge on any atom is -0.397 e. The lowest BCUT2D eigenvalue weighted by Crippen LogP contribution is -2.23. The first-order valence-corrected chi connectivity index (χ1v) is 6.21. The second-order valence-electron chi connectivity index (χ2n) is 3.67. The Labute approximate surface area is 104 Å². The Balaban J connectivity index is 2.26. The van der Waals surface area contributed by atoms with Crippen molar-refractivity contribution >= 4 is 33.0 Å². The van der Waals surface area contributed by atoms with E-state index in [4.69, 9.17) is 5.73 Å². The van der Waals surface area contributed by atoms with E-state index in [1.165, 1.54) is 11.3 Å². The van der Waals surface area contributed by atoms with Gasteiger partial charge in [-0.15, -0.1) is 17.9 Å². The number of fused-ring (bicyclic) bond motifs is 1. The first kappa shape index (κ1) is 11.7. The summed E-state index contributed by atoms with van der Waals surface area (Å²) in [6, 6.07) is 7.76. The lowest BCUT2D eigenvalue weighted by atomic mass is 10.2. The van der Waals surface area contributed by atoms with Gasteiger partial charge in [-0.25, -0.2) is 0 Å². The molecule has 0 bridgehead atoms. The lowest BCUT2D eigenvalue weighted by Gasteiger charge is -2.01. The fourth-order valence-corrected chi connectivity index (χ4v) is 2.64. The van der Waals surface area contributed by atoms with Crippen molar-refractivity contribution in [1.82, 2.24) is 5.32 Å². The van der Waals surface area contributed by atoms with Crippen LogP contribution in [0.4, 0.5) is 5.69 Å². The highest BCUT2D eigenvalue weighted by atomic mass is 32.1. The minimum absolute atomic E-state index is 0.106. The monoisotopic (exact) mass is 246 g/mol. The third-order valence-corrected chi connectivity index (χ3v) is 3.66. The summed E-state index contributed by atoms with van der Waals surface area (Å²) in [5.41, 5.74) is 6.54. The zero-order chi connectivity index (χ0) is 12.3. The van der Waals surface area contributed by atoms with Crippen LogP contribution in [-0.2, 0) is 0 Å². The Bertz CT molecular complexity index is 560. The molecule has 0 aliphatic heterocycles. The molecular weight excluding hydrogens is 232 g/mol. The van der Waals surface area contributed by atoms with Crippen LogP contribution < -0.4 is 11.1 Å². The highest BCUT2D eigenvalue weighted by Crippen LogP contribution is 2.33. The van der Waals surface area contributed by atoms with Gasteiger partial charge in [0.2, 0.25) is 0 Å². The zero-order valence-corrected chi connectivity index (χ0v) is 10.2. The van der Waals surface area contributed by atoms with Gasteiger partial charge in [0, 0.05) is 16.6 Å². The predicted octanol–water partition coefficient (Wildman–Crippen LogP) is 2.79. The number of rotatable bonds is 4. The summed E-state index contributed by atoms with van der Waals surface area (Å²) in [6.07, 6.45) is 2.53. The molecule has 0 spiro atoms. The number of anilines is 1. The van der Waals surface area contributed by atoms with Gasteiger partial charge >= 0.3 is 0 Å². The van der Waals surface area contributed by atoms with Crippen molar-refractivity contribution in [1.29, 1.82) is 0 Å². The van der Waals surface area contributed by atoms with Crippen molar-refractivity contribution in [3.63, 3.8) is 0 Å². The Morgan fingerprint density at radius 2 is 2.24 bits per heavy atom. The quantitative estimate of drug-likeness (QED) is 0.644. The molecule has 0 aliphatic carbocycles. The van der Waals surface area contributed by atoms with Gasteiger partial charge < -0.3 is 11.1 Å². The first-order chi connectivity index (χ1) is 8.24. The topological polar surface area (TPSA) is 55.1 Å². The molecule has 0 saturated heterocycles. The van der Waals surface area contributed by atoms with Crippen LogP contribution >= 0.6 is 11.3 Å². The van der Waals surface area contributed by atoms with Crippen molar-refractivity contribution in [2.45, 2.75) is 6.42 Å². The van der Waals surface area contributed by atoms with E-state index in [9.17, 15) is 4.79 Å². The second kappa shape index (κ2) is 5.01. The Hall–Kier alpha value is -1.81. The number of nitrogens with one attached hydrogen (secondary N) is 1. The molecule has 0 unspecified atom stereocenters. The van der Waals surface area contributed by atoms with E-state index < -0.39 is 0 Å². The van der Waals surface area contributed by atoms with Crippen LogP contribution in [0.2, 0.25) is 0 Å². The smallest absolute Gasteiger partial charge is 0.263 e. The van der Waals surface area contributed by atoms with Crippen molar-refractivity contribution < 1.29 is 4.79 Å². The van der Waals surface area contributed by atoms with Crippen molar-refractivity contribution in [2.75, 3.05) is 12.3 Å². The molecule has 1 heterocycles. The van der Waals surface area contributed by atoms with Crippen molar-refractivity contribution in [3.05, 3.63) is 41.8 Å². The maximum Gasteiger partial charge on any atom is 0.263 e. The molecule has 2 aromatic rings. The van der Waals surface area contributed by atoms with Gasteiger partial charge in [0.15, 0.2) is 0 Å². The number of hydrogen-bond donors (Lipinski definition) is 2. The number of carbonyl (C=O) groups is 1. The molecule has 1 amide bonds. The molecule has 17 heavy (non-hydrogen) atoms. The number of nitrogens with two attached hydrogens (primary N) is 1. The molecule has 3 nitrogen and oxygen atoms in total. The molecule has 1 aromatic heterocycles. The lowest BCUT2D eigenvalue weighted by molar-refractivity contribution is 0.0959. The second-order valence-corrected chi connectivity index (χ2v) is 4.73. The number of nitrogen functional groups attached to an aromatic ring is 1. The number of hydrogen-bond acceptors (Lipinski definition) is 3. The van der Waals surface area contributed by atoms with Crippen LogP contribution in [-0.4, -0.2) is 12.5 Å². The average Bonchev–Trinajstić information content (AvgIpc) is 2.68. The maximum absolute atomic E-state index is 11.9. The third-order valence-electron chi connectivity index (χ3n) is 2.47. The average molecular weight is 246 g/mol. The van der Waals surface area contributed by atoms with Crippen LogP contribution in [0, 0.1) is 0 Å². The summed E-state index contributed by atoms with van der Waals surface area (Å²) in [4.78, 5) is 12.5. The number of benzene rings is 1. The molecule has 3 N–H and O–H groups in total. The van der Waals surface area contributed by atoms with E-state index in [-0.39, 0.29) is 5.91 Å². The number of amides is 1. The molecule has 4 heteroatoms. The summed E-state index contributed by atoms with van der Waals surface area (Å²) < 4.78 is 1.04. The summed E-state index contributed by atoms with van der Waals surface area (Å²) in [5.74, 6) is -0.106. The van der Waals surface area contributed by atoms with Gasteiger partial charge in [-0.1, -0.05) is 24.3 Å². The van der Waals surface area contributed by atoms with Gasteiger partial charge in [0.25, 0.3) is 5.91 Å². The summed E-state index contributed by atoms with van der Waals surface area (Å²) in [7, 11) is 0. The number of thiophene rings is 1. The maximum atomic E-state index is 11.9. The molecule has 2 rings (SSSR count). The van der Waals surface area contributed by atoms with Crippen molar-refractivity contribution in [2.24, 2.45) is 0 Å². The molecule has 0 aliphatic rings. The molecule has 0 atom stereocenters. The standard InChI is InChI=1S/C13H14N2OS/c1-2-3-8-15-13(16)12-11(14)9-6-4-5-7-10(9)17-12/h2,4-7H,1,3,8,14H2,(H,15,16). The molecule has 88 valence electrons. The van der Waals surface area contributed by atoms with E-state index in [2.05, 4.69) is 11.9 Å². The van der Waals surface area contributed by atoms with Crippen LogP contribution in [0.3, 0.4) is 0 Å². The van der Waals surface area contributed by atoms with E-state index in [1.807, 2.05) is 24.3 Å². The molecule has 0 fully saturated rings. The van der Waals surface area contributed by atoms with Crippen LogP contribution in [0.1, 0.15) is 16.1 Å². The van der Waals surface area contributed by atoms with Crippen LogP contribution in [0.25, 0.3) is 10.1 Å². The highest BCUT2D eigenvalue weighted by Gasteiger charge is 2.15. The van der Waals surface area contributed by atoms with Crippen LogP contribution in [0.5, 0.6) is 0 Å². The molecule has 0 radical (unpaired) electrons. The Morgan fingerprint density at radius 1 is 1.47 bits per heavy atom. The van der Waals surface area contributed by atoms with Gasteiger partial charge in [0.1, 0.15) is 4.88 Å². The van der Waals surface area contributed by atoms with E-state index in [1.54, 1.807) is 6.08 Å². The fourth-order valence-electron chi connectivity index (χ4n) is 1.60. The van der Waals surface area contributed by atoms with E-state index in [0.717, 1.165) is 16.5 Å². The van der Waals surface area contributed by atoms with Gasteiger partial charge in [0.05, 0.1) is 5.69 Å². The van der Waals surface area contributed by atoms with Crippen LogP contribution in [0.15, 0.2) is 36.9 Å². The Morgan fingerprint density at radius 3 is 2.94 bits per heavy atom. The summed E-state index contributed by atoms with van der Waals surface area (Å²) in [5, 5.41) is 3.77. The minimum atomic E-state index is -0.106. The van der Waals surface area contributed by atoms with E-state index >= 15 is 0 Å². The fraction of sp³-hybridized carbons (Fsp3) is 0.154. The zero-order valence-electron chi connectivity index (χ0n) is 9.40. The molecular formula is C13H14N2OS. The predicted molar refractivity (Wildman–Crippen MR) is 73.4 cm³/mol. The van der Waals surface area contributed by atoms with Gasteiger partial charge in [-0.05, 0) is 12.5 Å². The van der Waals surface area contributed by atoms with Gasteiger partial charge in [-0.2, -0.15) is 0 Å². The normalized spacial score (nSPS) is 10.4. The SMILES string of the molecule is C=CCCNC(=O)c1sc2ccccc2c1N. The number of carbonyl (C=O) groups excluding carboxylic acids is 1. The highest BCUT2D eigenvalue weighted by molar-refractivity contribution is 7.21. The van der Waals surface area contributed by atoms with E-state index in [0.29, 0.717) is 17.1 Å². The molecule has 1 aromatic carbocycles. The summed E-state index contributed by atoms with van der Waals surface area (Å²) >= 11 is 1.43. The summed E-state index contributed by atoms with van der Waals surface area (Å²) in [6.45, 7) is 4.20. The first-order valence-electron chi connectivity index (χ1n) is 5.40.